The lowest BCUT2D eigenvalue weighted by atomic mass is 9.96. The Balaban J connectivity index is 0.00000288. The number of nitrogens with zero attached hydrogens (tertiary/aromatic N) is 1. The predicted octanol–water partition coefficient (Wildman–Crippen LogP) is 3.35. The average Bonchev–Trinajstić information content (AvgIpc) is 2.49. The molecular weight excluding hydrogens is 378 g/mol. The maximum absolute atomic E-state index is 14.2. The van der Waals surface area contributed by atoms with Crippen LogP contribution in [0.3, 0.4) is 0 Å². The molecule has 3 nitrogen and oxygen atoms in total. The Hall–Kier alpha value is -0.670. The summed E-state index contributed by atoms with van der Waals surface area (Å²) < 4.78 is 67.3. The summed E-state index contributed by atoms with van der Waals surface area (Å²) in [5.41, 5.74) is -1.38. The molecule has 1 fully saturated rings. The van der Waals surface area contributed by atoms with E-state index in [2.05, 4.69) is 5.32 Å². The van der Waals surface area contributed by atoms with Crippen molar-refractivity contribution in [3.05, 3.63) is 34.3 Å². The minimum Gasteiger partial charge on any atom is -0.390 e. The van der Waals surface area contributed by atoms with Crippen LogP contribution >= 0.6 is 24.0 Å². The zero-order chi connectivity index (χ0) is 17.3. The Morgan fingerprint density at radius 2 is 1.75 bits per heavy atom. The van der Waals surface area contributed by atoms with Crippen LogP contribution < -0.4 is 5.32 Å². The fourth-order valence-electron chi connectivity index (χ4n) is 2.68. The van der Waals surface area contributed by atoms with Crippen molar-refractivity contribution in [2.75, 3.05) is 32.8 Å². The van der Waals surface area contributed by atoms with Gasteiger partial charge >= 0.3 is 6.18 Å². The van der Waals surface area contributed by atoms with E-state index in [1.54, 1.807) is 0 Å². The first-order chi connectivity index (χ1) is 10.7. The normalized spacial score (nSPS) is 18.1. The minimum atomic E-state index is -4.74. The van der Waals surface area contributed by atoms with Gasteiger partial charge in [0, 0.05) is 26.2 Å². The maximum atomic E-state index is 14.2. The van der Waals surface area contributed by atoms with Gasteiger partial charge in [-0.25, -0.2) is 8.78 Å². The van der Waals surface area contributed by atoms with Crippen LogP contribution in [0.1, 0.15) is 17.2 Å². The number of hydrogen-bond donors (Lipinski definition) is 2. The number of nitrogens with one attached hydrogen (secondary N) is 1. The molecule has 0 saturated carbocycles. The van der Waals surface area contributed by atoms with Gasteiger partial charge in [-0.3, -0.25) is 4.90 Å². The van der Waals surface area contributed by atoms with Gasteiger partial charge < -0.3 is 10.4 Å². The van der Waals surface area contributed by atoms with Crippen molar-refractivity contribution in [1.82, 2.24) is 10.2 Å². The van der Waals surface area contributed by atoms with E-state index in [4.69, 9.17) is 16.7 Å². The molecule has 0 amide bonds. The van der Waals surface area contributed by atoms with Crippen molar-refractivity contribution in [2.24, 2.45) is 0 Å². The largest absolute Gasteiger partial charge is 0.417 e. The molecule has 0 aromatic heterocycles. The van der Waals surface area contributed by atoms with Gasteiger partial charge in [-0.05, 0) is 17.7 Å². The van der Waals surface area contributed by atoms with E-state index in [0.717, 1.165) is 12.1 Å². The SMILES string of the molecule is Cl.OCC(F)(F)[C@@H](c1ccc(Cl)c(C(F)(F)F)c1)N1CCNCC1. The molecule has 1 aromatic rings. The smallest absolute Gasteiger partial charge is 0.390 e. The van der Waals surface area contributed by atoms with Crippen LogP contribution in [0.15, 0.2) is 18.2 Å². The second kappa shape index (κ2) is 8.14. The summed E-state index contributed by atoms with van der Waals surface area (Å²) in [4.78, 5) is 1.37. The third-order valence-corrected chi connectivity index (χ3v) is 4.07. The first-order valence-electron chi connectivity index (χ1n) is 6.97. The highest BCUT2D eigenvalue weighted by atomic mass is 35.5. The molecule has 138 valence electrons. The number of hydrogen-bond acceptors (Lipinski definition) is 3. The molecular formula is C14H17Cl2F5N2O. The summed E-state index contributed by atoms with van der Waals surface area (Å²) in [7, 11) is 0. The quantitative estimate of drug-likeness (QED) is 0.768. The van der Waals surface area contributed by atoms with Crippen LogP contribution in [0, 0.1) is 0 Å². The van der Waals surface area contributed by atoms with Crippen LogP contribution in [0.2, 0.25) is 5.02 Å². The molecule has 2 N–H and O–H groups in total. The van der Waals surface area contributed by atoms with Gasteiger partial charge in [-0.1, -0.05) is 17.7 Å². The van der Waals surface area contributed by atoms with Gasteiger partial charge in [0.15, 0.2) is 0 Å². The van der Waals surface area contributed by atoms with E-state index in [1.807, 2.05) is 0 Å². The van der Waals surface area contributed by atoms with Crippen molar-refractivity contribution < 1.29 is 27.1 Å². The highest BCUT2D eigenvalue weighted by Crippen LogP contribution is 2.41. The number of aliphatic hydroxyl groups is 1. The highest BCUT2D eigenvalue weighted by Gasteiger charge is 2.45. The molecule has 0 spiro atoms. The predicted molar refractivity (Wildman–Crippen MR) is 82.9 cm³/mol. The first kappa shape index (κ1) is 21.4. The Labute approximate surface area is 147 Å². The molecule has 10 heteroatoms. The Morgan fingerprint density at radius 1 is 1.17 bits per heavy atom. The van der Waals surface area contributed by atoms with E-state index < -0.39 is 35.3 Å². The van der Waals surface area contributed by atoms with Gasteiger partial charge in [0.2, 0.25) is 0 Å². The van der Waals surface area contributed by atoms with Crippen LogP contribution in [-0.4, -0.2) is 48.7 Å². The summed E-state index contributed by atoms with van der Waals surface area (Å²) in [6.45, 7) is -0.0878. The average molecular weight is 395 g/mol. The van der Waals surface area contributed by atoms with Crippen molar-refractivity contribution in [2.45, 2.75) is 18.1 Å². The molecule has 0 aliphatic carbocycles. The number of piperazine rings is 1. The van der Waals surface area contributed by atoms with E-state index in [9.17, 15) is 22.0 Å². The summed E-state index contributed by atoms with van der Waals surface area (Å²) >= 11 is 5.54. The zero-order valence-corrected chi connectivity index (χ0v) is 14.0. The van der Waals surface area contributed by atoms with Crippen LogP contribution in [-0.2, 0) is 6.18 Å². The Bertz CT molecular complexity index is 550. The highest BCUT2D eigenvalue weighted by molar-refractivity contribution is 6.31. The van der Waals surface area contributed by atoms with E-state index in [0.29, 0.717) is 19.2 Å². The van der Waals surface area contributed by atoms with Crippen molar-refractivity contribution >= 4 is 24.0 Å². The Kier molecular flexibility index (Phi) is 7.25. The fraction of sp³-hybridized carbons (Fsp3) is 0.571. The van der Waals surface area contributed by atoms with E-state index in [-0.39, 0.29) is 31.1 Å². The molecule has 1 aliphatic heterocycles. The monoisotopic (exact) mass is 394 g/mol. The van der Waals surface area contributed by atoms with Gasteiger partial charge in [0.25, 0.3) is 5.92 Å². The number of rotatable bonds is 4. The Morgan fingerprint density at radius 3 is 2.25 bits per heavy atom. The third-order valence-electron chi connectivity index (χ3n) is 3.74. The lowest BCUT2D eigenvalue weighted by Crippen LogP contribution is -2.51. The topological polar surface area (TPSA) is 35.5 Å². The lowest BCUT2D eigenvalue weighted by Gasteiger charge is -2.39. The molecule has 0 radical (unpaired) electrons. The first-order valence-corrected chi connectivity index (χ1v) is 7.34. The van der Waals surface area contributed by atoms with E-state index >= 15 is 0 Å². The van der Waals surface area contributed by atoms with Crippen LogP contribution in [0.5, 0.6) is 0 Å². The molecule has 0 bridgehead atoms. The second-order valence-corrected chi connectivity index (χ2v) is 5.75. The summed E-state index contributed by atoms with van der Waals surface area (Å²) in [5, 5.41) is 11.4. The van der Waals surface area contributed by atoms with Crippen molar-refractivity contribution in [3.63, 3.8) is 0 Å². The maximum Gasteiger partial charge on any atom is 0.417 e. The molecule has 2 rings (SSSR count). The number of halogens is 7. The molecule has 24 heavy (non-hydrogen) atoms. The number of alkyl halides is 5. The standard InChI is InChI=1S/C14H16ClF5N2O.ClH/c15-11-2-1-9(7-10(11)14(18,19)20)12(13(16,17)8-23)22-5-3-21-4-6-22;/h1-2,7,12,21,23H,3-6,8H2;1H/t12-;/m1./s1. The summed E-state index contributed by atoms with van der Waals surface area (Å²) in [6, 6.07) is 1.10. The molecule has 0 unspecified atom stereocenters. The second-order valence-electron chi connectivity index (χ2n) is 5.34. The van der Waals surface area contributed by atoms with E-state index in [1.165, 1.54) is 4.90 Å². The number of aliphatic hydroxyl groups excluding tert-OH is 1. The summed E-state index contributed by atoms with van der Waals surface area (Å²) in [6.07, 6.45) is -4.74. The number of benzene rings is 1. The van der Waals surface area contributed by atoms with Crippen LogP contribution in [0.25, 0.3) is 0 Å². The van der Waals surface area contributed by atoms with Gasteiger partial charge in [0.1, 0.15) is 12.6 Å². The van der Waals surface area contributed by atoms with Gasteiger partial charge in [-0.15, -0.1) is 12.4 Å². The zero-order valence-electron chi connectivity index (χ0n) is 12.4. The third kappa shape index (κ3) is 4.70. The lowest BCUT2D eigenvalue weighted by molar-refractivity contribution is -0.138. The summed E-state index contributed by atoms with van der Waals surface area (Å²) in [5.74, 6) is -3.58. The van der Waals surface area contributed by atoms with Gasteiger partial charge in [-0.2, -0.15) is 13.2 Å². The van der Waals surface area contributed by atoms with Gasteiger partial charge in [0.05, 0.1) is 10.6 Å². The fourth-order valence-corrected chi connectivity index (χ4v) is 2.90. The molecule has 1 heterocycles. The van der Waals surface area contributed by atoms with Crippen molar-refractivity contribution in [3.8, 4) is 0 Å². The minimum absolute atomic E-state index is 0. The van der Waals surface area contributed by atoms with Crippen LogP contribution in [0.4, 0.5) is 22.0 Å². The molecule has 1 saturated heterocycles. The molecule has 1 aromatic carbocycles. The van der Waals surface area contributed by atoms with Crippen molar-refractivity contribution in [1.29, 1.82) is 0 Å². The molecule has 1 atom stereocenters. The molecule has 1 aliphatic rings.